The van der Waals surface area contributed by atoms with Crippen molar-refractivity contribution < 1.29 is 9.47 Å². The maximum absolute atomic E-state index is 6.23. The topological polar surface area (TPSA) is 47.7 Å². The van der Waals surface area contributed by atoms with Gasteiger partial charge in [0.1, 0.15) is 0 Å². The minimum Gasteiger partial charge on any atom is -0.490 e. The largest absolute Gasteiger partial charge is 0.490 e. The van der Waals surface area contributed by atoms with Crippen molar-refractivity contribution in [3.05, 3.63) is 22.2 Å². The Labute approximate surface area is 141 Å². The molecule has 0 spiro atoms. The molecule has 2 N–H and O–H groups in total. The zero-order chi connectivity index (χ0) is 15.7. The molecule has 0 saturated carbocycles. The molecule has 2 aliphatic heterocycles. The Hall–Kier alpha value is -0.780. The fourth-order valence-corrected chi connectivity index (χ4v) is 3.86. The van der Waals surface area contributed by atoms with Gasteiger partial charge in [0.25, 0.3) is 0 Å². The molecule has 0 aliphatic carbocycles. The van der Waals surface area contributed by atoms with Gasteiger partial charge in [-0.3, -0.25) is 4.90 Å². The van der Waals surface area contributed by atoms with Crippen molar-refractivity contribution in [2.24, 2.45) is 11.1 Å². The predicted octanol–water partition coefficient (Wildman–Crippen LogP) is 3.17. The van der Waals surface area contributed by atoms with Gasteiger partial charge in [0, 0.05) is 32.1 Å². The van der Waals surface area contributed by atoms with E-state index in [9.17, 15) is 0 Å². The fraction of sp³-hybridized carbons (Fsp3) is 0.647. The van der Waals surface area contributed by atoms with Crippen LogP contribution in [0.3, 0.4) is 0 Å². The van der Waals surface area contributed by atoms with Gasteiger partial charge in [0.05, 0.1) is 17.7 Å². The summed E-state index contributed by atoms with van der Waals surface area (Å²) in [5.41, 5.74) is 7.65. The third kappa shape index (κ3) is 3.42. The average molecular weight is 369 g/mol. The first-order valence-corrected chi connectivity index (χ1v) is 8.81. The van der Waals surface area contributed by atoms with Crippen molar-refractivity contribution in [3.63, 3.8) is 0 Å². The Morgan fingerprint density at radius 1 is 1.32 bits per heavy atom. The van der Waals surface area contributed by atoms with Crippen molar-refractivity contribution in [2.45, 2.75) is 39.3 Å². The zero-order valence-electron chi connectivity index (χ0n) is 13.4. The van der Waals surface area contributed by atoms with Crippen molar-refractivity contribution >= 4 is 15.9 Å². The smallest absolute Gasteiger partial charge is 0.175 e. The maximum atomic E-state index is 6.23. The summed E-state index contributed by atoms with van der Waals surface area (Å²) in [5.74, 6) is 1.69. The summed E-state index contributed by atoms with van der Waals surface area (Å²) in [5, 5.41) is 0. The van der Waals surface area contributed by atoms with E-state index in [4.69, 9.17) is 15.2 Å². The highest BCUT2D eigenvalue weighted by molar-refractivity contribution is 9.10. The minimum absolute atomic E-state index is 0.167. The third-order valence-corrected chi connectivity index (χ3v) is 5.25. The van der Waals surface area contributed by atoms with E-state index in [0.717, 1.165) is 48.4 Å². The van der Waals surface area contributed by atoms with E-state index in [-0.39, 0.29) is 5.41 Å². The lowest BCUT2D eigenvalue weighted by Crippen LogP contribution is -2.52. The zero-order valence-corrected chi connectivity index (χ0v) is 15.0. The molecule has 0 radical (unpaired) electrons. The first kappa shape index (κ1) is 16.1. The van der Waals surface area contributed by atoms with Crippen LogP contribution in [-0.4, -0.2) is 37.2 Å². The molecule has 3 rings (SSSR count). The monoisotopic (exact) mass is 368 g/mol. The summed E-state index contributed by atoms with van der Waals surface area (Å²) in [6.07, 6.45) is 1.98. The van der Waals surface area contributed by atoms with E-state index < -0.39 is 0 Å². The minimum atomic E-state index is 0.167. The second-order valence-electron chi connectivity index (χ2n) is 7.05. The summed E-state index contributed by atoms with van der Waals surface area (Å²) in [4.78, 5) is 2.48. The molecule has 1 unspecified atom stereocenters. The van der Waals surface area contributed by atoms with E-state index in [1.54, 1.807) is 0 Å². The number of fused-ring (bicyclic) bond motifs is 1. The Bertz CT molecular complexity index is 548. The van der Waals surface area contributed by atoms with Gasteiger partial charge < -0.3 is 15.2 Å². The van der Waals surface area contributed by atoms with E-state index in [1.807, 2.05) is 0 Å². The van der Waals surface area contributed by atoms with Crippen LogP contribution in [0.1, 0.15) is 32.3 Å². The Balaban J connectivity index is 1.76. The number of halogens is 1. The van der Waals surface area contributed by atoms with E-state index >= 15 is 0 Å². The molecular formula is C17H25BrN2O2. The highest BCUT2D eigenvalue weighted by Gasteiger charge is 2.33. The average Bonchev–Trinajstić information content (AvgIpc) is 2.68. The predicted molar refractivity (Wildman–Crippen MR) is 91.4 cm³/mol. The molecule has 1 fully saturated rings. The number of hydrogen-bond acceptors (Lipinski definition) is 4. The second kappa shape index (κ2) is 6.38. The molecule has 5 heteroatoms. The quantitative estimate of drug-likeness (QED) is 0.870. The van der Waals surface area contributed by atoms with Crippen LogP contribution in [0, 0.1) is 5.41 Å². The Morgan fingerprint density at radius 2 is 2.09 bits per heavy atom. The van der Waals surface area contributed by atoms with Crippen molar-refractivity contribution in [1.82, 2.24) is 4.90 Å². The summed E-state index contributed by atoms with van der Waals surface area (Å²) in [7, 11) is 0. The van der Waals surface area contributed by atoms with Gasteiger partial charge in [-0.25, -0.2) is 0 Å². The van der Waals surface area contributed by atoms with Crippen molar-refractivity contribution in [1.29, 1.82) is 0 Å². The number of nitrogens with two attached hydrogens (primary N) is 1. The lowest BCUT2D eigenvalue weighted by molar-refractivity contribution is 0.0898. The molecule has 1 atom stereocenters. The molecular weight excluding hydrogens is 344 g/mol. The molecule has 2 aliphatic rings. The maximum Gasteiger partial charge on any atom is 0.175 e. The molecule has 0 amide bonds. The van der Waals surface area contributed by atoms with Gasteiger partial charge in [-0.2, -0.15) is 0 Å². The molecule has 122 valence electrons. The van der Waals surface area contributed by atoms with Crippen LogP contribution < -0.4 is 15.2 Å². The van der Waals surface area contributed by atoms with Crippen LogP contribution in [0.4, 0.5) is 0 Å². The number of hydrogen-bond donors (Lipinski definition) is 1. The molecule has 4 nitrogen and oxygen atoms in total. The van der Waals surface area contributed by atoms with Crippen LogP contribution in [0.15, 0.2) is 16.6 Å². The Kier molecular flexibility index (Phi) is 4.67. The summed E-state index contributed by atoms with van der Waals surface area (Å²) < 4.78 is 12.6. The molecule has 1 aromatic rings. The number of likely N-dealkylation sites (tertiary alicyclic amines) is 1. The van der Waals surface area contributed by atoms with Gasteiger partial charge in [-0.1, -0.05) is 13.8 Å². The molecule has 1 aromatic carbocycles. The van der Waals surface area contributed by atoms with Crippen LogP contribution in [0.25, 0.3) is 0 Å². The van der Waals surface area contributed by atoms with E-state index in [2.05, 4.69) is 46.8 Å². The highest BCUT2D eigenvalue weighted by Crippen LogP contribution is 2.39. The Morgan fingerprint density at radius 3 is 2.86 bits per heavy atom. The van der Waals surface area contributed by atoms with E-state index in [0.29, 0.717) is 19.3 Å². The van der Waals surface area contributed by atoms with Crippen molar-refractivity contribution in [2.75, 3.05) is 26.3 Å². The van der Waals surface area contributed by atoms with Crippen molar-refractivity contribution in [3.8, 4) is 11.5 Å². The standard InChI is InChI=1S/C17H25BrN2O2/c1-17(2)11-20(5-4-15(17)19)10-12-8-13(18)16-14(9-12)21-6-3-7-22-16/h8-9,15H,3-7,10-11,19H2,1-2H3. The van der Waals surface area contributed by atoms with Gasteiger partial charge in [-0.15, -0.1) is 0 Å². The third-order valence-electron chi connectivity index (χ3n) is 4.66. The van der Waals surface area contributed by atoms with Gasteiger partial charge in [-0.05, 0) is 45.5 Å². The molecule has 1 saturated heterocycles. The lowest BCUT2D eigenvalue weighted by atomic mass is 9.79. The van der Waals surface area contributed by atoms with Crippen LogP contribution >= 0.6 is 15.9 Å². The van der Waals surface area contributed by atoms with Crippen LogP contribution in [0.2, 0.25) is 0 Å². The summed E-state index contributed by atoms with van der Waals surface area (Å²) in [6, 6.07) is 4.56. The lowest BCUT2D eigenvalue weighted by Gasteiger charge is -2.42. The van der Waals surface area contributed by atoms with Crippen LogP contribution in [0.5, 0.6) is 11.5 Å². The normalized spacial score (nSPS) is 24.8. The van der Waals surface area contributed by atoms with Gasteiger partial charge >= 0.3 is 0 Å². The number of ether oxygens (including phenoxy) is 2. The molecule has 0 bridgehead atoms. The van der Waals surface area contributed by atoms with Gasteiger partial charge in [0.2, 0.25) is 0 Å². The highest BCUT2D eigenvalue weighted by atomic mass is 79.9. The first-order chi connectivity index (χ1) is 10.5. The number of piperidine rings is 1. The number of nitrogens with zero attached hydrogens (tertiary/aromatic N) is 1. The molecule has 0 aromatic heterocycles. The number of rotatable bonds is 2. The summed E-state index contributed by atoms with van der Waals surface area (Å²) >= 11 is 3.62. The van der Waals surface area contributed by atoms with Crippen LogP contribution in [-0.2, 0) is 6.54 Å². The molecule has 22 heavy (non-hydrogen) atoms. The summed E-state index contributed by atoms with van der Waals surface area (Å²) in [6.45, 7) is 8.95. The number of benzene rings is 1. The fourth-order valence-electron chi connectivity index (χ4n) is 3.25. The van der Waals surface area contributed by atoms with Gasteiger partial charge in [0.15, 0.2) is 11.5 Å². The second-order valence-corrected chi connectivity index (χ2v) is 7.90. The SMILES string of the molecule is CC1(C)CN(Cc2cc(Br)c3c(c2)OCCCO3)CCC1N. The van der Waals surface area contributed by atoms with E-state index in [1.165, 1.54) is 5.56 Å². The molecule has 2 heterocycles. The first-order valence-electron chi connectivity index (χ1n) is 8.02.